The molecule has 0 spiro atoms. The van der Waals surface area contributed by atoms with Gasteiger partial charge < -0.3 is 10.6 Å². The zero-order valence-electron chi connectivity index (χ0n) is 13.2. The standard InChI is InChI=1S/C18H16F2N2O2S/c19-15-8-7-14(9-16(15)20)25-10-17(23)21-12-3-1-11(2-4-12)18(24)22-13-5-6-13/h1-4,7-9,13H,5-6,10H2,(H,21,23)(H,22,24). The van der Waals surface area contributed by atoms with E-state index in [9.17, 15) is 18.4 Å². The van der Waals surface area contributed by atoms with E-state index in [0.717, 1.165) is 36.7 Å². The van der Waals surface area contributed by atoms with Gasteiger partial charge in [-0.15, -0.1) is 11.8 Å². The first kappa shape index (κ1) is 17.4. The van der Waals surface area contributed by atoms with Crippen molar-refractivity contribution in [2.45, 2.75) is 23.8 Å². The maximum absolute atomic E-state index is 13.1. The summed E-state index contributed by atoms with van der Waals surface area (Å²) < 4.78 is 26.0. The molecule has 2 amide bonds. The second kappa shape index (κ2) is 7.65. The molecule has 0 bridgehead atoms. The first-order valence-electron chi connectivity index (χ1n) is 7.80. The van der Waals surface area contributed by atoms with Gasteiger partial charge in [0.2, 0.25) is 5.91 Å². The lowest BCUT2D eigenvalue weighted by Gasteiger charge is -2.07. The lowest BCUT2D eigenvalue weighted by Crippen LogP contribution is -2.25. The van der Waals surface area contributed by atoms with Gasteiger partial charge in [-0.25, -0.2) is 8.78 Å². The van der Waals surface area contributed by atoms with E-state index in [4.69, 9.17) is 0 Å². The molecule has 4 nitrogen and oxygen atoms in total. The monoisotopic (exact) mass is 362 g/mol. The maximum Gasteiger partial charge on any atom is 0.251 e. The molecule has 0 atom stereocenters. The Bertz CT molecular complexity index is 792. The van der Waals surface area contributed by atoms with Gasteiger partial charge >= 0.3 is 0 Å². The third kappa shape index (κ3) is 5.03. The van der Waals surface area contributed by atoms with Crippen LogP contribution in [0.15, 0.2) is 47.4 Å². The molecule has 0 aromatic heterocycles. The molecule has 7 heteroatoms. The smallest absolute Gasteiger partial charge is 0.251 e. The van der Waals surface area contributed by atoms with E-state index in [0.29, 0.717) is 22.2 Å². The highest BCUT2D eigenvalue weighted by atomic mass is 32.2. The number of hydrogen-bond donors (Lipinski definition) is 2. The van der Waals surface area contributed by atoms with Gasteiger partial charge in [-0.05, 0) is 55.3 Å². The van der Waals surface area contributed by atoms with Crippen LogP contribution < -0.4 is 10.6 Å². The van der Waals surface area contributed by atoms with Crippen LogP contribution in [0.2, 0.25) is 0 Å². The lowest BCUT2D eigenvalue weighted by atomic mass is 10.2. The molecule has 2 aromatic carbocycles. The second-order valence-electron chi connectivity index (χ2n) is 5.74. The normalized spacial score (nSPS) is 13.4. The fourth-order valence-corrected chi connectivity index (χ4v) is 2.83. The van der Waals surface area contributed by atoms with Crippen LogP contribution in [-0.4, -0.2) is 23.6 Å². The summed E-state index contributed by atoms with van der Waals surface area (Å²) in [4.78, 5) is 24.3. The summed E-state index contributed by atoms with van der Waals surface area (Å²) in [6.07, 6.45) is 2.05. The first-order valence-corrected chi connectivity index (χ1v) is 8.78. The third-order valence-electron chi connectivity index (χ3n) is 3.60. The molecular weight excluding hydrogens is 346 g/mol. The van der Waals surface area contributed by atoms with Crippen LogP contribution in [0.4, 0.5) is 14.5 Å². The van der Waals surface area contributed by atoms with Crippen molar-refractivity contribution in [2.75, 3.05) is 11.1 Å². The van der Waals surface area contributed by atoms with Crippen LogP contribution in [0.1, 0.15) is 23.2 Å². The Morgan fingerprint density at radius 1 is 1.04 bits per heavy atom. The molecule has 1 aliphatic rings. The van der Waals surface area contributed by atoms with E-state index < -0.39 is 11.6 Å². The van der Waals surface area contributed by atoms with E-state index in [1.807, 2.05) is 0 Å². The van der Waals surface area contributed by atoms with Gasteiger partial charge in [-0.3, -0.25) is 9.59 Å². The fraction of sp³-hybridized carbons (Fsp3) is 0.222. The fourth-order valence-electron chi connectivity index (χ4n) is 2.11. The quantitative estimate of drug-likeness (QED) is 0.772. The number of hydrogen-bond acceptors (Lipinski definition) is 3. The number of thioether (sulfide) groups is 1. The molecular formula is C18H16F2N2O2S. The average Bonchev–Trinajstić information content (AvgIpc) is 3.40. The molecule has 25 heavy (non-hydrogen) atoms. The predicted octanol–water partition coefficient (Wildman–Crippen LogP) is 3.59. The maximum atomic E-state index is 13.1. The number of amides is 2. The minimum atomic E-state index is -0.939. The van der Waals surface area contributed by atoms with Crippen molar-refractivity contribution < 1.29 is 18.4 Å². The summed E-state index contributed by atoms with van der Waals surface area (Å²) in [7, 11) is 0. The summed E-state index contributed by atoms with van der Waals surface area (Å²) in [6.45, 7) is 0. The first-order chi connectivity index (χ1) is 12.0. The van der Waals surface area contributed by atoms with Crippen molar-refractivity contribution in [3.8, 4) is 0 Å². The van der Waals surface area contributed by atoms with Crippen molar-refractivity contribution >= 4 is 29.3 Å². The molecule has 0 saturated heterocycles. The Balaban J connectivity index is 1.50. The number of benzene rings is 2. The van der Waals surface area contributed by atoms with Crippen molar-refractivity contribution in [3.63, 3.8) is 0 Å². The zero-order valence-corrected chi connectivity index (χ0v) is 14.0. The average molecular weight is 362 g/mol. The van der Waals surface area contributed by atoms with E-state index in [1.54, 1.807) is 24.3 Å². The molecule has 3 rings (SSSR count). The Morgan fingerprint density at radius 3 is 2.40 bits per heavy atom. The van der Waals surface area contributed by atoms with Crippen LogP contribution in [0.3, 0.4) is 0 Å². The zero-order chi connectivity index (χ0) is 17.8. The molecule has 0 radical (unpaired) electrons. The number of rotatable bonds is 6. The number of carbonyl (C=O) groups excluding carboxylic acids is 2. The number of nitrogens with one attached hydrogen (secondary N) is 2. The SMILES string of the molecule is O=C(CSc1ccc(F)c(F)c1)Nc1ccc(C(=O)NC2CC2)cc1. The number of carbonyl (C=O) groups is 2. The Morgan fingerprint density at radius 2 is 1.76 bits per heavy atom. The van der Waals surface area contributed by atoms with Crippen molar-refractivity contribution in [2.24, 2.45) is 0 Å². The minimum absolute atomic E-state index is 0.0645. The van der Waals surface area contributed by atoms with Crippen molar-refractivity contribution in [1.82, 2.24) is 5.32 Å². The molecule has 2 N–H and O–H groups in total. The van der Waals surface area contributed by atoms with Gasteiger partial charge in [0.1, 0.15) is 0 Å². The summed E-state index contributed by atoms with van der Waals surface area (Å²) in [6, 6.07) is 10.4. The van der Waals surface area contributed by atoms with Gasteiger partial charge in [0.05, 0.1) is 5.75 Å². The highest BCUT2D eigenvalue weighted by Gasteiger charge is 2.23. The molecule has 1 saturated carbocycles. The molecule has 1 aliphatic carbocycles. The van der Waals surface area contributed by atoms with Gasteiger partial charge in [0.15, 0.2) is 11.6 Å². The molecule has 130 valence electrons. The lowest BCUT2D eigenvalue weighted by molar-refractivity contribution is -0.113. The second-order valence-corrected chi connectivity index (χ2v) is 6.79. The van der Waals surface area contributed by atoms with E-state index in [-0.39, 0.29) is 17.6 Å². The molecule has 0 unspecified atom stereocenters. The molecule has 0 heterocycles. The molecule has 2 aromatic rings. The van der Waals surface area contributed by atoms with E-state index in [1.165, 1.54) is 6.07 Å². The highest BCUT2D eigenvalue weighted by molar-refractivity contribution is 8.00. The predicted molar refractivity (Wildman–Crippen MR) is 92.6 cm³/mol. The van der Waals surface area contributed by atoms with Gasteiger partial charge in [-0.1, -0.05) is 0 Å². The minimum Gasteiger partial charge on any atom is -0.349 e. The summed E-state index contributed by atoms with van der Waals surface area (Å²) in [5, 5.41) is 5.59. The van der Waals surface area contributed by atoms with E-state index >= 15 is 0 Å². The highest BCUT2D eigenvalue weighted by Crippen LogP contribution is 2.21. The Kier molecular flexibility index (Phi) is 5.33. The van der Waals surface area contributed by atoms with Crippen LogP contribution in [0.25, 0.3) is 0 Å². The van der Waals surface area contributed by atoms with Crippen molar-refractivity contribution in [3.05, 3.63) is 59.7 Å². The van der Waals surface area contributed by atoms with Gasteiger partial charge in [-0.2, -0.15) is 0 Å². The topological polar surface area (TPSA) is 58.2 Å². The van der Waals surface area contributed by atoms with Crippen molar-refractivity contribution in [1.29, 1.82) is 0 Å². The Hall–Kier alpha value is -2.41. The summed E-state index contributed by atoms with van der Waals surface area (Å²) >= 11 is 1.11. The summed E-state index contributed by atoms with van der Waals surface area (Å²) in [5.74, 6) is -2.18. The van der Waals surface area contributed by atoms with Crippen LogP contribution in [-0.2, 0) is 4.79 Å². The number of halogens is 2. The largest absolute Gasteiger partial charge is 0.349 e. The van der Waals surface area contributed by atoms with Gasteiger partial charge in [0, 0.05) is 22.2 Å². The van der Waals surface area contributed by atoms with Crippen LogP contribution in [0.5, 0.6) is 0 Å². The third-order valence-corrected chi connectivity index (χ3v) is 4.60. The molecule has 1 fully saturated rings. The van der Waals surface area contributed by atoms with Crippen LogP contribution in [0, 0.1) is 11.6 Å². The Labute approximate surface area is 148 Å². The molecule has 0 aliphatic heterocycles. The van der Waals surface area contributed by atoms with E-state index in [2.05, 4.69) is 10.6 Å². The summed E-state index contributed by atoms with van der Waals surface area (Å²) in [5.41, 5.74) is 1.11. The van der Waals surface area contributed by atoms with Gasteiger partial charge in [0.25, 0.3) is 5.91 Å². The van der Waals surface area contributed by atoms with Crippen LogP contribution >= 0.6 is 11.8 Å². The number of anilines is 1.